The summed E-state index contributed by atoms with van der Waals surface area (Å²) in [5.74, 6) is -1.50. The van der Waals surface area contributed by atoms with Crippen LogP contribution in [0, 0.1) is 10.1 Å². The van der Waals surface area contributed by atoms with Crippen molar-refractivity contribution < 1.29 is 32.4 Å². The van der Waals surface area contributed by atoms with E-state index in [9.17, 15) is 28.1 Å². The molecular weight excluding hydrogens is 438 g/mol. The molecule has 0 aliphatic carbocycles. The minimum absolute atomic E-state index is 0.233. The van der Waals surface area contributed by atoms with Gasteiger partial charge in [0.1, 0.15) is 11.5 Å². The standard InChI is InChI=1S/C22H17NO8S/c1-30-21(24)16-8-6-7-15(13-16)14-31-22(25)17-9-2-4-11-19(17)32(28,29)20-12-5-3-10-18(20)23(26)27/h2-13H,14H2,1H3. The van der Waals surface area contributed by atoms with E-state index in [-0.39, 0.29) is 17.7 Å². The molecule has 0 unspecified atom stereocenters. The van der Waals surface area contributed by atoms with E-state index in [0.29, 0.717) is 5.56 Å². The third-order valence-corrected chi connectivity index (χ3v) is 6.33. The van der Waals surface area contributed by atoms with Crippen molar-refractivity contribution in [1.82, 2.24) is 0 Å². The number of sulfone groups is 1. The molecule has 9 nitrogen and oxygen atoms in total. The Morgan fingerprint density at radius 3 is 2.25 bits per heavy atom. The number of nitrogens with zero attached hydrogens (tertiary/aromatic N) is 1. The molecule has 164 valence electrons. The van der Waals surface area contributed by atoms with Crippen LogP contribution in [0.4, 0.5) is 5.69 Å². The number of ether oxygens (including phenoxy) is 2. The van der Waals surface area contributed by atoms with E-state index in [1.165, 1.54) is 55.6 Å². The molecule has 0 atom stereocenters. The molecule has 0 saturated carbocycles. The van der Waals surface area contributed by atoms with Crippen LogP contribution >= 0.6 is 0 Å². The zero-order chi connectivity index (χ0) is 23.3. The molecule has 3 aromatic rings. The predicted molar refractivity (Wildman–Crippen MR) is 112 cm³/mol. The van der Waals surface area contributed by atoms with Gasteiger partial charge in [-0.3, -0.25) is 10.1 Å². The molecule has 0 aliphatic rings. The summed E-state index contributed by atoms with van der Waals surface area (Å²) in [6.45, 7) is -0.233. The lowest BCUT2D eigenvalue weighted by Crippen LogP contribution is -2.13. The van der Waals surface area contributed by atoms with Crippen LogP contribution in [0.25, 0.3) is 0 Å². The van der Waals surface area contributed by atoms with E-state index in [2.05, 4.69) is 4.74 Å². The maximum Gasteiger partial charge on any atom is 0.339 e. The lowest BCUT2D eigenvalue weighted by molar-refractivity contribution is -0.387. The fraction of sp³-hybridized carbons (Fsp3) is 0.0909. The number of para-hydroxylation sites is 1. The molecule has 10 heteroatoms. The molecule has 0 aromatic heterocycles. The van der Waals surface area contributed by atoms with Gasteiger partial charge in [0.15, 0.2) is 0 Å². The predicted octanol–water partition coefficient (Wildman–Crippen LogP) is 3.57. The summed E-state index contributed by atoms with van der Waals surface area (Å²) in [7, 11) is -3.16. The van der Waals surface area contributed by atoms with Crippen molar-refractivity contribution in [3.63, 3.8) is 0 Å². The van der Waals surface area contributed by atoms with Gasteiger partial charge in [0.25, 0.3) is 5.69 Å². The molecule has 0 spiro atoms. The maximum atomic E-state index is 13.1. The Morgan fingerprint density at radius 1 is 0.906 bits per heavy atom. The molecule has 0 N–H and O–H groups in total. The number of esters is 2. The van der Waals surface area contributed by atoms with Crippen molar-refractivity contribution in [2.45, 2.75) is 16.4 Å². The number of hydrogen-bond donors (Lipinski definition) is 0. The molecule has 3 aromatic carbocycles. The highest BCUT2D eigenvalue weighted by Gasteiger charge is 2.31. The molecule has 0 radical (unpaired) electrons. The normalized spacial score (nSPS) is 10.9. The van der Waals surface area contributed by atoms with Gasteiger partial charge in [-0.05, 0) is 35.9 Å². The van der Waals surface area contributed by atoms with E-state index in [1.807, 2.05) is 0 Å². The van der Waals surface area contributed by atoms with Crippen LogP contribution in [0.15, 0.2) is 82.6 Å². The molecule has 32 heavy (non-hydrogen) atoms. The SMILES string of the molecule is COC(=O)c1cccc(COC(=O)c2ccccc2S(=O)(=O)c2ccccc2[N+](=O)[O-])c1. The monoisotopic (exact) mass is 455 g/mol. The minimum atomic E-state index is -4.40. The lowest BCUT2D eigenvalue weighted by atomic mass is 10.1. The summed E-state index contributed by atoms with van der Waals surface area (Å²) >= 11 is 0. The van der Waals surface area contributed by atoms with E-state index in [1.54, 1.807) is 12.1 Å². The molecule has 0 saturated heterocycles. The van der Waals surface area contributed by atoms with Crippen LogP contribution in [0.1, 0.15) is 26.3 Å². The van der Waals surface area contributed by atoms with Gasteiger partial charge >= 0.3 is 11.9 Å². The van der Waals surface area contributed by atoms with Gasteiger partial charge in [0.2, 0.25) is 9.84 Å². The van der Waals surface area contributed by atoms with Gasteiger partial charge in [0.05, 0.1) is 28.1 Å². The summed E-state index contributed by atoms with van der Waals surface area (Å²) in [6, 6.07) is 16.4. The summed E-state index contributed by atoms with van der Waals surface area (Å²) in [5.41, 5.74) is -0.120. The first kappa shape index (κ1) is 22.6. The average Bonchev–Trinajstić information content (AvgIpc) is 2.82. The third-order valence-electron chi connectivity index (χ3n) is 4.47. The summed E-state index contributed by atoms with van der Waals surface area (Å²) in [5, 5.41) is 11.3. The number of rotatable bonds is 7. The number of carbonyl (C=O) groups is 2. The number of hydrogen-bond acceptors (Lipinski definition) is 8. The Labute approximate surface area is 183 Å². The first-order valence-corrected chi connectivity index (χ1v) is 10.7. The Balaban J connectivity index is 1.91. The second-order valence-electron chi connectivity index (χ2n) is 6.49. The smallest absolute Gasteiger partial charge is 0.339 e. The fourth-order valence-corrected chi connectivity index (χ4v) is 4.57. The molecule has 0 heterocycles. The minimum Gasteiger partial charge on any atom is -0.465 e. The number of carbonyl (C=O) groups excluding carboxylic acids is 2. The van der Waals surface area contributed by atoms with Crippen molar-refractivity contribution in [1.29, 1.82) is 0 Å². The fourth-order valence-electron chi connectivity index (χ4n) is 2.96. The molecule has 0 amide bonds. The summed E-state index contributed by atoms with van der Waals surface area (Å²) in [6.07, 6.45) is 0. The van der Waals surface area contributed by atoms with Gasteiger partial charge in [-0.2, -0.15) is 0 Å². The van der Waals surface area contributed by atoms with Crippen molar-refractivity contribution >= 4 is 27.5 Å². The Hall–Kier alpha value is -4.05. The molecular formula is C22H17NO8S. The zero-order valence-electron chi connectivity index (χ0n) is 16.8. The maximum absolute atomic E-state index is 13.1. The van der Waals surface area contributed by atoms with Crippen LogP contribution in [0.3, 0.4) is 0 Å². The average molecular weight is 455 g/mol. The van der Waals surface area contributed by atoms with Crippen LogP contribution in [-0.4, -0.2) is 32.4 Å². The Bertz CT molecular complexity index is 1300. The van der Waals surface area contributed by atoms with Crippen LogP contribution in [0.2, 0.25) is 0 Å². The van der Waals surface area contributed by atoms with E-state index in [4.69, 9.17) is 4.74 Å². The number of nitro groups is 1. The van der Waals surface area contributed by atoms with E-state index in [0.717, 1.165) is 12.1 Å². The first-order valence-electron chi connectivity index (χ1n) is 9.17. The highest BCUT2D eigenvalue weighted by Crippen LogP contribution is 2.31. The highest BCUT2D eigenvalue weighted by atomic mass is 32.2. The summed E-state index contributed by atoms with van der Waals surface area (Å²) in [4.78, 5) is 33.9. The van der Waals surface area contributed by atoms with Crippen molar-refractivity contribution in [2.24, 2.45) is 0 Å². The van der Waals surface area contributed by atoms with Gasteiger partial charge in [0, 0.05) is 6.07 Å². The van der Waals surface area contributed by atoms with Gasteiger partial charge in [-0.1, -0.05) is 36.4 Å². The highest BCUT2D eigenvalue weighted by molar-refractivity contribution is 7.91. The largest absolute Gasteiger partial charge is 0.465 e. The number of methoxy groups -OCH3 is 1. The quantitative estimate of drug-likeness (QED) is 0.300. The zero-order valence-corrected chi connectivity index (χ0v) is 17.6. The molecule has 0 bridgehead atoms. The lowest BCUT2D eigenvalue weighted by Gasteiger charge is -2.11. The third kappa shape index (κ3) is 4.65. The number of benzene rings is 3. The van der Waals surface area contributed by atoms with E-state index >= 15 is 0 Å². The van der Waals surface area contributed by atoms with E-state index < -0.39 is 42.2 Å². The van der Waals surface area contributed by atoms with Gasteiger partial charge < -0.3 is 9.47 Å². The second kappa shape index (κ2) is 9.40. The molecule has 0 aliphatic heterocycles. The Kier molecular flexibility index (Phi) is 6.64. The van der Waals surface area contributed by atoms with Crippen molar-refractivity contribution in [3.8, 4) is 0 Å². The van der Waals surface area contributed by atoms with Crippen LogP contribution in [0.5, 0.6) is 0 Å². The first-order chi connectivity index (χ1) is 15.3. The van der Waals surface area contributed by atoms with Gasteiger partial charge in [-0.15, -0.1) is 0 Å². The topological polar surface area (TPSA) is 130 Å². The van der Waals surface area contributed by atoms with Crippen molar-refractivity contribution in [3.05, 3.63) is 99.6 Å². The second-order valence-corrected chi connectivity index (χ2v) is 8.38. The number of nitro benzene ring substituents is 1. The Morgan fingerprint density at radius 2 is 1.56 bits per heavy atom. The molecule has 3 rings (SSSR count). The van der Waals surface area contributed by atoms with Crippen molar-refractivity contribution in [2.75, 3.05) is 7.11 Å². The van der Waals surface area contributed by atoms with Crippen LogP contribution in [-0.2, 0) is 25.9 Å². The summed E-state index contributed by atoms with van der Waals surface area (Å²) < 4.78 is 36.2. The molecule has 0 fully saturated rings. The van der Waals surface area contributed by atoms with Gasteiger partial charge in [-0.25, -0.2) is 18.0 Å². The van der Waals surface area contributed by atoms with Crippen LogP contribution < -0.4 is 0 Å².